The Bertz CT molecular complexity index is 751. The molecule has 0 heterocycles. The zero-order chi connectivity index (χ0) is 16.7. The van der Waals surface area contributed by atoms with Crippen LogP contribution in [0.1, 0.15) is 27.9 Å². The third kappa shape index (κ3) is 4.64. The van der Waals surface area contributed by atoms with E-state index in [0.717, 1.165) is 5.56 Å². The Labute approximate surface area is 132 Å². The smallest absolute Gasteiger partial charge is 0.272 e. The molecule has 5 nitrogen and oxygen atoms in total. The molecule has 0 saturated carbocycles. The van der Waals surface area contributed by atoms with Crippen LogP contribution in [0.2, 0.25) is 0 Å². The van der Waals surface area contributed by atoms with Gasteiger partial charge in [-0.25, -0.2) is 4.39 Å². The minimum Gasteiger partial charge on any atom is -0.273 e. The van der Waals surface area contributed by atoms with Gasteiger partial charge in [-0.1, -0.05) is 24.3 Å². The fourth-order valence-corrected chi connectivity index (χ4v) is 1.91. The van der Waals surface area contributed by atoms with E-state index >= 15 is 0 Å². The summed E-state index contributed by atoms with van der Waals surface area (Å²) in [7, 11) is 0. The molecule has 6 heteroatoms. The Hall–Kier alpha value is -3.20. The predicted molar refractivity (Wildman–Crippen MR) is 81.5 cm³/mol. The molecule has 0 aliphatic carbocycles. The number of nitrogens with zero attached hydrogens (tertiary/aromatic N) is 1. The summed E-state index contributed by atoms with van der Waals surface area (Å²) in [6.45, 7) is 0. The topological polar surface area (TPSA) is 82.0 Å². The minimum atomic E-state index is -0.713. The van der Waals surface area contributed by atoms with E-state index in [1.165, 1.54) is 24.3 Å². The average Bonchev–Trinajstić information content (AvgIpc) is 2.58. The van der Waals surface area contributed by atoms with E-state index in [0.29, 0.717) is 12.0 Å². The molecule has 0 spiro atoms. The molecule has 0 fully saturated rings. The van der Waals surface area contributed by atoms with Crippen LogP contribution in [-0.4, -0.2) is 11.8 Å². The van der Waals surface area contributed by atoms with E-state index in [1.807, 2.05) is 6.07 Å². The van der Waals surface area contributed by atoms with Crippen LogP contribution in [0.3, 0.4) is 0 Å². The van der Waals surface area contributed by atoms with Crippen molar-refractivity contribution in [1.82, 2.24) is 10.9 Å². The van der Waals surface area contributed by atoms with E-state index in [-0.39, 0.29) is 17.9 Å². The largest absolute Gasteiger partial charge is 0.273 e. The van der Waals surface area contributed by atoms with Crippen LogP contribution in [0.5, 0.6) is 0 Å². The van der Waals surface area contributed by atoms with E-state index < -0.39 is 11.7 Å². The highest BCUT2D eigenvalue weighted by molar-refractivity contribution is 5.95. The maximum Gasteiger partial charge on any atom is 0.272 e. The second-order valence-electron chi connectivity index (χ2n) is 4.79. The number of nitrogens with one attached hydrogen (secondary N) is 2. The SMILES string of the molecule is N#Cc1ccc(CCC(=O)NNC(=O)c2ccccc2F)cc1. The van der Waals surface area contributed by atoms with Gasteiger partial charge in [0, 0.05) is 6.42 Å². The molecule has 0 bridgehead atoms. The lowest BCUT2D eigenvalue weighted by Crippen LogP contribution is -2.42. The molecule has 0 unspecified atom stereocenters. The van der Waals surface area contributed by atoms with Gasteiger partial charge in [0.05, 0.1) is 17.2 Å². The molecule has 0 saturated heterocycles. The fraction of sp³-hybridized carbons (Fsp3) is 0.118. The van der Waals surface area contributed by atoms with Gasteiger partial charge in [0.1, 0.15) is 5.82 Å². The molecule has 2 amide bonds. The van der Waals surface area contributed by atoms with Crippen molar-refractivity contribution in [2.45, 2.75) is 12.8 Å². The predicted octanol–water partition coefficient (Wildman–Crippen LogP) is 2.09. The number of rotatable bonds is 4. The highest BCUT2D eigenvalue weighted by atomic mass is 19.1. The van der Waals surface area contributed by atoms with Gasteiger partial charge in [-0.15, -0.1) is 0 Å². The van der Waals surface area contributed by atoms with Crippen LogP contribution in [-0.2, 0) is 11.2 Å². The van der Waals surface area contributed by atoms with Crippen LogP contribution < -0.4 is 10.9 Å². The van der Waals surface area contributed by atoms with Gasteiger partial charge in [0.2, 0.25) is 5.91 Å². The van der Waals surface area contributed by atoms with Crippen molar-refractivity contribution >= 4 is 11.8 Å². The summed E-state index contributed by atoms with van der Waals surface area (Å²) in [6, 6.07) is 14.4. The number of benzene rings is 2. The number of hydrogen-bond acceptors (Lipinski definition) is 3. The molecule has 2 rings (SSSR count). The Morgan fingerprint density at radius 1 is 1.04 bits per heavy atom. The summed E-state index contributed by atoms with van der Waals surface area (Å²) < 4.78 is 13.4. The van der Waals surface area contributed by atoms with Crippen LogP contribution in [0, 0.1) is 17.1 Å². The van der Waals surface area contributed by atoms with E-state index in [4.69, 9.17) is 5.26 Å². The van der Waals surface area contributed by atoms with E-state index in [9.17, 15) is 14.0 Å². The molecular weight excluding hydrogens is 297 g/mol. The summed E-state index contributed by atoms with van der Waals surface area (Å²) in [6.07, 6.45) is 0.622. The van der Waals surface area contributed by atoms with Crippen LogP contribution in [0.25, 0.3) is 0 Å². The highest BCUT2D eigenvalue weighted by Gasteiger charge is 2.11. The lowest BCUT2D eigenvalue weighted by Gasteiger charge is -2.08. The first kappa shape index (κ1) is 16.2. The number of carbonyl (C=O) groups excluding carboxylic acids is 2. The standard InChI is InChI=1S/C17H14FN3O2/c18-15-4-2-1-3-14(15)17(23)21-20-16(22)10-9-12-5-7-13(11-19)8-6-12/h1-8H,9-10H2,(H,20,22)(H,21,23). The number of halogens is 1. The lowest BCUT2D eigenvalue weighted by atomic mass is 10.1. The lowest BCUT2D eigenvalue weighted by molar-refractivity contribution is -0.121. The van der Waals surface area contributed by atoms with Gasteiger partial charge in [-0.2, -0.15) is 5.26 Å². The minimum absolute atomic E-state index is 0.139. The number of amides is 2. The fourth-order valence-electron chi connectivity index (χ4n) is 1.91. The van der Waals surface area contributed by atoms with Crippen LogP contribution in [0.4, 0.5) is 4.39 Å². The Morgan fingerprint density at radius 2 is 1.74 bits per heavy atom. The maximum atomic E-state index is 13.4. The van der Waals surface area contributed by atoms with Gasteiger partial charge in [0.15, 0.2) is 0 Å². The monoisotopic (exact) mass is 311 g/mol. The van der Waals surface area contributed by atoms with E-state index in [2.05, 4.69) is 10.9 Å². The zero-order valence-electron chi connectivity index (χ0n) is 12.2. The molecule has 116 valence electrons. The summed E-state index contributed by atoms with van der Waals surface area (Å²) in [5.41, 5.74) is 5.73. The van der Waals surface area contributed by atoms with Crippen LogP contribution >= 0.6 is 0 Å². The Balaban J connectivity index is 1.80. The third-order valence-electron chi connectivity index (χ3n) is 3.16. The van der Waals surface area contributed by atoms with Crippen molar-refractivity contribution in [2.24, 2.45) is 0 Å². The molecule has 2 aromatic rings. The molecule has 0 radical (unpaired) electrons. The van der Waals surface area contributed by atoms with Crippen molar-refractivity contribution in [1.29, 1.82) is 5.26 Å². The van der Waals surface area contributed by atoms with Crippen molar-refractivity contribution < 1.29 is 14.0 Å². The molecule has 2 aromatic carbocycles. The van der Waals surface area contributed by atoms with Crippen LogP contribution in [0.15, 0.2) is 48.5 Å². The second kappa shape index (κ2) is 7.71. The number of hydrogen-bond donors (Lipinski definition) is 2. The first-order chi connectivity index (χ1) is 11.1. The number of carbonyl (C=O) groups is 2. The summed E-state index contributed by atoms with van der Waals surface area (Å²) in [4.78, 5) is 23.4. The van der Waals surface area contributed by atoms with Crippen molar-refractivity contribution in [3.63, 3.8) is 0 Å². The van der Waals surface area contributed by atoms with Gasteiger partial charge in [-0.3, -0.25) is 20.4 Å². The van der Waals surface area contributed by atoms with Gasteiger partial charge in [0.25, 0.3) is 5.91 Å². The number of hydrazine groups is 1. The quantitative estimate of drug-likeness (QED) is 0.848. The summed E-state index contributed by atoms with van der Waals surface area (Å²) >= 11 is 0. The highest BCUT2D eigenvalue weighted by Crippen LogP contribution is 2.06. The molecular formula is C17H14FN3O2. The first-order valence-corrected chi connectivity index (χ1v) is 6.93. The van der Waals surface area contributed by atoms with Crippen molar-refractivity contribution in [3.8, 4) is 6.07 Å². The van der Waals surface area contributed by atoms with Crippen molar-refractivity contribution in [3.05, 3.63) is 71.0 Å². The molecule has 2 N–H and O–H groups in total. The molecule has 0 aliphatic heterocycles. The maximum absolute atomic E-state index is 13.4. The molecule has 0 aliphatic rings. The number of nitriles is 1. The van der Waals surface area contributed by atoms with Gasteiger partial charge >= 0.3 is 0 Å². The molecule has 23 heavy (non-hydrogen) atoms. The third-order valence-corrected chi connectivity index (χ3v) is 3.16. The Morgan fingerprint density at radius 3 is 2.39 bits per heavy atom. The summed E-state index contributed by atoms with van der Waals surface area (Å²) in [5, 5.41) is 8.70. The first-order valence-electron chi connectivity index (χ1n) is 6.93. The van der Waals surface area contributed by atoms with E-state index in [1.54, 1.807) is 24.3 Å². The summed E-state index contributed by atoms with van der Waals surface area (Å²) in [5.74, 6) is -1.76. The molecule has 0 atom stereocenters. The van der Waals surface area contributed by atoms with Crippen molar-refractivity contribution in [2.75, 3.05) is 0 Å². The number of aryl methyl sites for hydroxylation is 1. The zero-order valence-corrected chi connectivity index (χ0v) is 12.2. The average molecular weight is 311 g/mol. The normalized spacial score (nSPS) is 9.74. The molecule has 0 aromatic heterocycles. The van der Waals surface area contributed by atoms with Gasteiger partial charge < -0.3 is 0 Å². The van der Waals surface area contributed by atoms with Gasteiger partial charge in [-0.05, 0) is 36.2 Å². The Kier molecular flexibility index (Phi) is 5.42. The second-order valence-corrected chi connectivity index (χ2v) is 4.79.